The van der Waals surface area contributed by atoms with Gasteiger partial charge in [0.25, 0.3) is 0 Å². The van der Waals surface area contributed by atoms with Crippen molar-refractivity contribution < 1.29 is 9.53 Å². The molecule has 2 aromatic heterocycles. The van der Waals surface area contributed by atoms with Crippen LogP contribution in [-0.2, 0) is 4.74 Å². The zero-order valence-electron chi connectivity index (χ0n) is 17.2. The van der Waals surface area contributed by atoms with E-state index in [1.165, 1.54) is 22.7 Å². The fourth-order valence-corrected chi connectivity index (χ4v) is 5.79. The molecule has 1 N–H and O–H groups in total. The number of rotatable bonds is 7. The number of thiocyanates is 1. The number of thiazole rings is 1. The van der Waals surface area contributed by atoms with E-state index in [4.69, 9.17) is 4.74 Å². The number of hydrazone groups is 1. The Morgan fingerprint density at radius 2 is 1.91 bits per heavy atom. The normalized spacial score (nSPS) is 11.1. The number of hydrogen-bond donors (Lipinski definition) is 1. The van der Waals surface area contributed by atoms with E-state index in [1.807, 2.05) is 54.6 Å². The first-order chi connectivity index (χ1) is 16.2. The van der Waals surface area contributed by atoms with Crippen LogP contribution < -0.4 is 5.43 Å². The molecule has 0 fully saturated rings. The number of anilines is 1. The number of thiophene rings is 1. The number of aromatic nitrogens is 1. The van der Waals surface area contributed by atoms with Crippen molar-refractivity contribution in [2.45, 2.75) is 11.1 Å². The summed E-state index contributed by atoms with van der Waals surface area (Å²) in [5, 5.41) is 26.2. The molecule has 4 rings (SSSR count). The predicted molar refractivity (Wildman–Crippen MR) is 133 cm³/mol. The van der Waals surface area contributed by atoms with E-state index in [0.717, 1.165) is 27.5 Å². The first-order valence-corrected chi connectivity index (χ1v) is 12.2. The Kier molecular flexibility index (Phi) is 7.01. The average Bonchev–Trinajstić information content (AvgIpc) is 3.42. The fourth-order valence-electron chi connectivity index (χ4n) is 3.07. The van der Waals surface area contributed by atoms with Crippen LogP contribution in [0.1, 0.15) is 22.3 Å². The minimum atomic E-state index is -0.534. The number of ether oxygens (including phenoxy) is 1. The van der Waals surface area contributed by atoms with Gasteiger partial charge in [0.15, 0.2) is 10.7 Å². The average molecular weight is 490 g/mol. The summed E-state index contributed by atoms with van der Waals surface area (Å²) in [7, 11) is 0. The van der Waals surface area contributed by atoms with Crippen LogP contribution in [-0.4, -0.2) is 23.3 Å². The van der Waals surface area contributed by atoms with E-state index < -0.39 is 5.97 Å². The highest BCUT2D eigenvalue weighted by Crippen LogP contribution is 2.45. The third-order valence-electron chi connectivity index (χ3n) is 4.43. The van der Waals surface area contributed by atoms with Gasteiger partial charge in [0.2, 0.25) is 0 Å². The molecule has 0 radical (unpaired) electrons. The van der Waals surface area contributed by atoms with Crippen molar-refractivity contribution in [3.8, 4) is 22.6 Å². The minimum absolute atomic E-state index is 0.0927. The van der Waals surface area contributed by atoms with Gasteiger partial charge in [0.1, 0.15) is 22.0 Å². The summed E-state index contributed by atoms with van der Waals surface area (Å²) in [5.74, 6) is -0.534. The maximum Gasteiger partial charge on any atom is 0.341 e. The van der Waals surface area contributed by atoms with Gasteiger partial charge in [-0.05, 0) is 24.6 Å². The second-order valence-electron chi connectivity index (χ2n) is 6.42. The van der Waals surface area contributed by atoms with E-state index in [2.05, 4.69) is 27.0 Å². The standard InChI is InChI=1S/C23H15N5O2S3/c1-2-30-22(29)19-18(14-8-4-3-5-9-14)23(31-13-25)33-21(19)28-27-16(12-24)20-26-15-10-6-7-11-17(15)32-20/h3-11,28H,2H2,1H3/b27-16-. The van der Waals surface area contributed by atoms with Crippen LogP contribution in [0.3, 0.4) is 0 Å². The Bertz CT molecular complexity index is 1400. The lowest BCUT2D eigenvalue weighted by molar-refractivity contribution is 0.0528. The molecule has 0 saturated carbocycles. The molecule has 0 bridgehead atoms. The quantitative estimate of drug-likeness (QED) is 0.109. The van der Waals surface area contributed by atoms with Gasteiger partial charge in [-0.15, -0.1) is 22.7 Å². The lowest BCUT2D eigenvalue weighted by atomic mass is 10.0. The highest BCUT2D eigenvalue weighted by molar-refractivity contribution is 8.05. The fraction of sp³-hybridized carbons (Fsp3) is 0.0870. The lowest BCUT2D eigenvalue weighted by Crippen LogP contribution is -2.08. The number of carbonyl (C=O) groups is 1. The van der Waals surface area contributed by atoms with Crippen LogP contribution in [0.2, 0.25) is 0 Å². The van der Waals surface area contributed by atoms with Crippen LogP contribution in [0, 0.1) is 22.0 Å². The van der Waals surface area contributed by atoms with Crippen molar-refractivity contribution in [3.05, 3.63) is 65.2 Å². The summed E-state index contributed by atoms with van der Waals surface area (Å²) >= 11 is 3.52. The van der Waals surface area contributed by atoms with Gasteiger partial charge < -0.3 is 4.74 Å². The van der Waals surface area contributed by atoms with Gasteiger partial charge in [-0.25, -0.2) is 9.78 Å². The highest BCUT2D eigenvalue weighted by Gasteiger charge is 2.26. The minimum Gasteiger partial charge on any atom is -0.462 e. The summed E-state index contributed by atoms with van der Waals surface area (Å²) in [6, 6.07) is 19.0. The van der Waals surface area contributed by atoms with Crippen molar-refractivity contribution in [1.82, 2.24) is 4.98 Å². The van der Waals surface area contributed by atoms with Gasteiger partial charge in [0.05, 0.1) is 21.0 Å². The number of thioether (sulfide) groups is 1. The number of nitriles is 2. The number of carbonyl (C=O) groups excluding carboxylic acids is 1. The number of fused-ring (bicyclic) bond motifs is 1. The first-order valence-electron chi connectivity index (χ1n) is 9.71. The van der Waals surface area contributed by atoms with Gasteiger partial charge in [-0.3, -0.25) is 5.43 Å². The summed E-state index contributed by atoms with van der Waals surface area (Å²) < 4.78 is 6.86. The van der Waals surface area contributed by atoms with Crippen LogP contribution >= 0.6 is 34.4 Å². The molecule has 0 aliphatic rings. The Morgan fingerprint density at radius 1 is 1.15 bits per heavy atom. The molecule has 2 heterocycles. The van der Waals surface area contributed by atoms with Crippen LogP contribution in [0.5, 0.6) is 0 Å². The third kappa shape index (κ3) is 4.73. The highest BCUT2D eigenvalue weighted by atomic mass is 32.2. The molecule has 162 valence electrons. The number of para-hydroxylation sites is 1. The zero-order chi connectivity index (χ0) is 23.2. The van der Waals surface area contributed by atoms with Gasteiger partial charge in [-0.1, -0.05) is 42.5 Å². The maximum absolute atomic E-state index is 12.9. The zero-order valence-corrected chi connectivity index (χ0v) is 19.7. The largest absolute Gasteiger partial charge is 0.462 e. The molecule has 0 unspecified atom stereocenters. The lowest BCUT2D eigenvalue weighted by Gasteiger charge is -2.08. The molecular formula is C23H15N5O2S3. The number of hydrogen-bond acceptors (Lipinski definition) is 10. The van der Waals surface area contributed by atoms with Gasteiger partial charge in [-0.2, -0.15) is 15.6 Å². The molecule has 0 atom stereocenters. The summed E-state index contributed by atoms with van der Waals surface area (Å²) in [4.78, 5) is 17.4. The molecule has 0 amide bonds. The monoisotopic (exact) mass is 489 g/mol. The molecule has 2 aromatic carbocycles. The Morgan fingerprint density at radius 3 is 2.61 bits per heavy atom. The Balaban J connectivity index is 1.80. The van der Waals surface area contributed by atoms with Crippen molar-refractivity contribution in [2.75, 3.05) is 12.0 Å². The molecule has 10 heteroatoms. The molecule has 4 aromatic rings. The van der Waals surface area contributed by atoms with Crippen molar-refractivity contribution >= 4 is 61.3 Å². The van der Waals surface area contributed by atoms with E-state index in [9.17, 15) is 15.3 Å². The molecule has 0 spiro atoms. The van der Waals surface area contributed by atoms with Gasteiger partial charge in [0, 0.05) is 17.3 Å². The molecule has 0 aliphatic carbocycles. The van der Waals surface area contributed by atoms with Gasteiger partial charge >= 0.3 is 5.97 Å². The maximum atomic E-state index is 12.9. The number of nitrogens with zero attached hydrogens (tertiary/aromatic N) is 4. The molecular weight excluding hydrogens is 474 g/mol. The second-order valence-corrected chi connectivity index (χ2v) is 9.52. The number of esters is 1. The van der Waals surface area contributed by atoms with E-state index >= 15 is 0 Å². The molecule has 33 heavy (non-hydrogen) atoms. The summed E-state index contributed by atoms with van der Waals surface area (Å²) in [6.07, 6.45) is 0. The molecule has 0 saturated heterocycles. The van der Waals surface area contributed by atoms with E-state index in [1.54, 1.807) is 6.92 Å². The first kappa shape index (κ1) is 22.5. The Labute approximate surface area is 202 Å². The van der Waals surface area contributed by atoms with Crippen LogP contribution in [0.15, 0.2) is 63.9 Å². The van der Waals surface area contributed by atoms with Crippen molar-refractivity contribution in [2.24, 2.45) is 5.10 Å². The Hall–Kier alpha value is -3.70. The van der Waals surface area contributed by atoms with Crippen LogP contribution in [0.4, 0.5) is 5.00 Å². The van der Waals surface area contributed by atoms with Crippen molar-refractivity contribution in [1.29, 1.82) is 10.5 Å². The smallest absolute Gasteiger partial charge is 0.341 e. The topological polar surface area (TPSA) is 111 Å². The van der Waals surface area contributed by atoms with E-state index in [-0.39, 0.29) is 17.9 Å². The third-order valence-corrected chi connectivity index (χ3v) is 7.34. The van der Waals surface area contributed by atoms with E-state index in [0.29, 0.717) is 19.8 Å². The summed E-state index contributed by atoms with van der Waals surface area (Å²) in [6.45, 7) is 1.92. The second kappa shape index (κ2) is 10.3. The SMILES string of the molecule is CCOC(=O)c1c(N/N=C(/C#N)c2nc3ccccc3s2)sc(SC#N)c1-c1ccccc1. The molecule has 7 nitrogen and oxygen atoms in total. The van der Waals surface area contributed by atoms with Crippen LogP contribution in [0.25, 0.3) is 21.3 Å². The molecule has 0 aliphatic heterocycles. The summed E-state index contributed by atoms with van der Waals surface area (Å²) in [5.41, 5.74) is 5.38. The predicted octanol–water partition coefficient (Wildman–Crippen LogP) is 6.11. The van der Waals surface area contributed by atoms with Crippen molar-refractivity contribution in [3.63, 3.8) is 0 Å². The number of benzene rings is 2. The number of nitrogens with one attached hydrogen (secondary N) is 1.